The number of fused-ring (bicyclic) bond motifs is 5. The highest BCUT2D eigenvalue weighted by atomic mass is 16.2. The Kier molecular flexibility index (Phi) is 6.49. The van der Waals surface area contributed by atoms with E-state index in [2.05, 4.69) is 69.9 Å². The summed E-state index contributed by atoms with van der Waals surface area (Å²) in [5, 5.41) is 0. The van der Waals surface area contributed by atoms with Crippen LogP contribution in [0.15, 0.2) is 42.1 Å². The fourth-order valence-electron chi connectivity index (χ4n) is 9.24. The van der Waals surface area contributed by atoms with Crippen molar-refractivity contribution in [1.82, 2.24) is 0 Å². The third-order valence-corrected chi connectivity index (χ3v) is 11.0. The minimum Gasteiger partial charge on any atom is -0.285 e. The molecular weight excluding hydrogens is 414 g/mol. The molecular formula is C32H47NO. The van der Waals surface area contributed by atoms with Crippen molar-refractivity contribution < 1.29 is 4.79 Å². The van der Waals surface area contributed by atoms with Gasteiger partial charge in [0.2, 0.25) is 5.91 Å². The van der Waals surface area contributed by atoms with Crippen LogP contribution in [0.5, 0.6) is 0 Å². The van der Waals surface area contributed by atoms with Crippen LogP contribution in [0.2, 0.25) is 0 Å². The van der Waals surface area contributed by atoms with Crippen LogP contribution in [0.4, 0.5) is 5.69 Å². The van der Waals surface area contributed by atoms with Crippen LogP contribution in [0.25, 0.3) is 0 Å². The first-order chi connectivity index (χ1) is 16.3. The third-order valence-electron chi connectivity index (χ3n) is 11.0. The van der Waals surface area contributed by atoms with Gasteiger partial charge in [0.25, 0.3) is 0 Å². The normalized spacial score (nSPS) is 38.2. The summed E-state index contributed by atoms with van der Waals surface area (Å²) in [4.78, 5) is 15.2. The van der Waals surface area contributed by atoms with E-state index < -0.39 is 0 Å². The van der Waals surface area contributed by atoms with Crippen molar-refractivity contribution in [2.24, 2.45) is 46.3 Å². The lowest BCUT2D eigenvalue weighted by Gasteiger charge is -2.59. The Morgan fingerprint density at radius 1 is 0.971 bits per heavy atom. The van der Waals surface area contributed by atoms with Crippen molar-refractivity contribution in [1.29, 1.82) is 0 Å². The quantitative estimate of drug-likeness (QED) is 0.415. The van der Waals surface area contributed by atoms with Crippen LogP contribution in [0.1, 0.15) is 98.8 Å². The first kappa shape index (κ1) is 24.1. The molecule has 4 aliphatic rings. The molecule has 186 valence electrons. The topological polar surface area (TPSA) is 20.3 Å². The minimum atomic E-state index is 0.134. The van der Waals surface area contributed by atoms with E-state index in [1.165, 1.54) is 57.1 Å². The second-order valence-electron chi connectivity index (χ2n) is 13.2. The van der Waals surface area contributed by atoms with Crippen LogP contribution in [0.3, 0.4) is 0 Å². The van der Waals surface area contributed by atoms with Crippen molar-refractivity contribution in [2.45, 2.75) is 98.8 Å². The van der Waals surface area contributed by atoms with Gasteiger partial charge in [-0.15, -0.1) is 0 Å². The number of carbonyl (C=O) groups is 1. The molecule has 34 heavy (non-hydrogen) atoms. The molecule has 5 rings (SSSR count). The van der Waals surface area contributed by atoms with Gasteiger partial charge in [-0.2, -0.15) is 0 Å². The van der Waals surface area contributed by atoms with Gasteiger partial charge in [0, 0.05) is 23.2 Å². The summed E-state index contributed by atoms with van der Waals surface area (Å²) in [6, 6.07) is 10.4. The van der Waals surface area contributed by atoms with Gasteiger partial charge in [-0.25, -0.2) is 0 Å². The van der Waals surface area contributed by atoms with Crippen molar-refractivity contribution in [2.75, 3.05) is 4.90 Å². The number of anilines is 1. The number of para-hydroxylation sites is 1. The zero-order chi connectivity index (χ0) is 24.1. The number of carbonyl (C=O) groups excluding carboxylic acids is 1. The van der Waals surface area contributed by atoms with Crippen molar-refractivity contribution in [3.8, 4) is 0 Å². The number of hydrogen-bond acceptors (Lipinski definition) is 1. The lowest BCUT2D eigenvalue weighted by Crippen LogP contribution is -2.54. The highest BCUT2D eigenvalue weighted by Crippen LogP contribution is 2.67. The number of piperidine rings is 1. The summed E-state index contributed by atoms with van der Waals surface area (Å²) in [7, 11) is 0. The van der Waals surface area contributed by atoms with Crippen molar-refractivity contribution in [3.63, 3.8) is 0 Å². The Balaban J connectivity index is 1.39. The summed E-state index contributed by atoms with van der Waals surface area (Å²) < 4.78 is 0. The van der Waals surface area contributed by atoms with Crippen LogP contribution < -0.4 is 4.90 Å². The molecule has 0 N–H and O–H groups in total. The smallest absolute Gasteiger partial charge is 0.231 e. The van der Waals surface area contributed by atoms with Gasteiger partial charge in [0.15, 0.2) is 0 Å². The molecule has 0 radical (unpaired) electrons. The Morgan fingerprint density at radius 2 is 1.74 bits per heavy atom. The molecule has 2 nitrogen and oxygen atoms in total. The maximum Gasteiger partial charge on any atom is 0.231 e. The summed E-state index contributed by atoms with van der Waals surface area (Å²) in [6.07, 6.45) is 15.2. The van der Waals surface area contributed by atoms with Crippen LogP contribution in [-0.4, -0.2) is 5.91 Å². The highest BCUT2D eigenvalue weighted by molar-refractivity contribution is 5.98. The average molecular weight is 462 g/mol. The zero-order valence-corrected chi connectivity index (χ0v) is 22.4. The molecule has 1 unspecified atom stereocenters. The molecule has 1 aliphatic heterocycles. The number of rotatable bonds is 6. The Bertz CT molecular complexity index is 918. The average Bonchev–Trinajstić information content (AvgIpc) is 3.17. The molecule has 1 saturated heterocycles. The van der Waals surface area contributed by atoms with Gasteiger partial charge in [-0.3, -0.25) is 9.69 Å². The zero-order valence-electron chi connectivity index (χ0n) is 22.4. The van der Waals surface area contributed by atoms with E-state index in [1.54, 1.807) is 0 Å². The van der Waals surface area contributed by atoms with Crippen LogP contribution in [0, 0.1) is 46.3 Å². The van der Waals surface area contributed by atoms with E-state index >= 15 is 0 Å². The predicted molar refractivity (Wildman–Crippen MR) is 142 cm³/mol. The first-order valence-corrected chi connectivity index (χ1v) is 14.3. The molecule has 1 aromatic rings. The molecule has 3 fully saturated rings. The summed E-state index contributed by atoms with van der Waals surface area (Å²) in [5.41, 5.74) is 3.02. The molecule has 2 heteroatoms. The minimum absolute atomic E-state index is 0.134. The number of hydrogen-bond donors (Lipinski definition) is 0. The van der Waals surface area contributed by atoms with Crippen LogP contribution in [-0.2, 0) is 4.79 Å². The Morgan fingerprint density at radius 3 is 2.47 bits per heavy atom. The van der Waals surface area contributed by atoms with Gasteiger partial charge >= 0.3 is 0 Å². The SMILES string of the molecule is CC(C)CCC[C@@H](C)C1CC[C@H]2[C@@H]3CC=C4N(c5ccccc5)C(=O)CC[C@]4(C)[C@H]3CC[C@]12C. The molecule has 1 amide bonds. The molecule has 2 saturated carbocycles. The summed E-state index contributed by atoms with van der Waals surface area (Å²) in [5.74, 6) is 5.25. The standard InChI is InChI=1S/C32H47NO/c1-22(2)10-9-11-23(3)26-15-16-27-25-14-17-29-32(5,28(25)18-20-31(26,27)4)21-19-30(34)33(29)24-12-7-6-8-13-24/h6-8,12-13,17,22-23,25-28H,9-11,14-16,18-21H2,1-5H3/t23-,25+,26?,27+,28+,31-,32-/m1/s1. The molecule has 7 atom stereocenters. The second kappa shape index (κ2) is 9.14. The predicted octanol–water partition coefficient (Wildman–Crippen LogP) is 8.63. The molecule has 3 aliphatic carbocycles. The maximum absolute atomic E-state index is 13.1. The number of benzene rings is 1. The number of nitrogens with zero attached hydrogens (tertiary/aromatic N) is 1. The molecule has 1 aromatic carbocycles. The van der Waals surface area contributed by atoms with Gasteiger partial charge in [0.1, 0.15) is 0 Å². The van der Waals surface area contributed by atoms with Gasteiger partial charge in [-0.05, 0) is 91.6 Å². The second-order valence-corrected chi connectivity index (χ2v) is 13.2. The van der Waals surface area contributed by atoms with Crippen molar-refractivity contribution in [3.05, 3.63) is 42.1 Å². The number of amides is 1. The van der Waals surface area contributed by atoms with Gasteiger partial charge in [-0.1, -0.05) is 78.2 Å². The van der Waals surface area contributed by atoms with Crippen LogP contribution >= 0.6 is 0 Å². The molecule has 0 bridgehead atoms. The van der Waals surface area contributed by atoms with E-state index in [9.17, 15) is 4.79 Å². The third kappa shape index (κ3) is 3.88. The largest absolute Gasteiger partial charge is 0.285 e. The monoisotopic (exact) mass is 461 g/mol. The van der Waals surface area contributed by atoms with E-state index in [0.717, 1.165) is 47.6 Å². The summed E-state index contributed by atoms with van der Waals surface area (Å²) >= 11 is 0. The fourth-order valence-corrected chi connectivity index (χ4v) is 9.24. The molecule has 0 spiro atoms. The van der Waals surface area contributed by atoms with E-state index in [0.29, 0.717) is 11.8 Å². The lowest BCUT2D eigenvalue weighted by molar-refractivity contribution is -0.122. The Hall–Kier alpha value is -1.57. The highest BCUT2D eigenvalue weighted by Gasteiger charge is 2.60. The molecule has 1 heterocycles. The fraction of sp³-hybridized carbons (Fsp3) is 0.719. The van der Waals surface area contributed by atoms with E-state index in [1.807, 2.05) is 6.07 Å². The number of allylic oxidation sites excluding steroid dienone is 2. The lowest BCUT2D eigenvalue weighted by atomic mass is 9.48. The Labute approximate surface area is 208 Å². The summed E-state index contributed by atoms with van der Waals surface area (Å²) in [6.45, 7) is 12.5. The van der Waals surface area contributed by atoms with Gasteiger partial charge < -0.3 is 0 Å². The van der Waals surface area contributed by atoms with Crippen molar-refractivity contribution >= 4 is 11.6 Å². The van der Waals surface area contributed by atoms with E-state index in [-0.39, 0.29) is 11.3 Å². The maximum atomic E-state index is 13.1. The van der Waals surface area contributed by atoms with Gasteiger partial charge in [0.05, 0.1) is 0 Å². The molecule has 0 aromatic heterocycles. The van der Waals surface area contributed by atoms with E-state index in [4.69, 9.17) is 0 Å². The first-order valence-electron chi connectivity index (χ1n) is 14.3.